The number of carbonyl (C=O) groups is 2. The van der Waals surface area contributed by atoms with Crippen molar-refractivity contribution in [1.82, 2.24) is 0 Å². The molecule has 0 saturated carbocycles. The number of methoxy groups -OCH3 is 1. The van der Waals surface area contributed by atoms with Gasteiger partial charge in [0.1, 0.15) is 12.4 Å². The molecule has 118 valence electrons. The van der Waals surface area contributed by atoms with Crippen LogP contribution in [0.1, 0.15) is 21.5 Å². The molecule has 0 saturated heterocycles. The second-order valence-electron chi connectivity index (χ2n) is 4.65. The van der Waals surface area contributed by atoms with Gasteiger partial charge in [-0.1, -0.05) is 30.3 Å². The summed E-state index contributed by atoms with van der Waals surface area (Å²) >= 11 is 0. The summed E-state index contributed by atoms with van der Waals surface area (Å²) in [7, 11) is 1.29. The van der Waals surface area contributed by atoms with E-state index < -0.39 is 17.8 Å². The smallest absolute Gasteiger partial charge is 0.337 e. The highest BCUT2D eigenvalue weighted by molar-refractivity contribution is 5.89. The lowest BCUT2D eigenvalue weighted by atomic mass is 10.1. The fourth-order valence-corrected chi connectivity index (χ4v) is 1.88. The van der Waals surface area contributed by atoms with E-state index in [1.165, 1.54) is 19.3 Å². The van der Waals surface area contributed by atoms with Gasteiger partial charge in [-0.25, -0.2) is 14.0 Å². The molecule has 0 amide bonds. The zero-order valence-electron chi connectivity index (χ0n) is 12.5. The summed E-state index contributed by atoms with van der Waals surface area (Å²) in [5.74, 6) is -1.48. The summed E-state index contributed by atoms with van der Waals surface area (Å²) in [4.78, 5) is 23.1. The van der Waals surface area contributed by atoms with Crippen molar-refractivity contribution in [2.45, 2.75) is 6.61 Å². The second kappa shape index (κ2) is 7.89. The minimum absolute atomic E-state index is 0.00524. The lowest BCUT2D eigenvalue weighted by molar-refractivity contribution is -0.138. The number of benzene rings is 2. The number of ether oxygens (including phenoxy) is 2. The van der Waals surface area contributed by atoms with Gasteiger partial charge in [0.05, 0.1) is 12.7 Å². The molecule has 0 atom stereocenters. The fourth-order valence-electron chi connectivity index (χ4n) is 1.88. The molecule has 0 fully saturated rings. The molecule has 2 aromatic rings. The monoisotopic (exact) mass is 314 g/mol. The van der Waals surface area contributed by atoms with Gasteiger partial charge in [0.2, 0.25) is 0 Å². The highest BCUT2D eigenvalue weighted by Crippen LogP contribution is 2.10. The van der Waals surface area contributed by atoms with Crippen molar-refractivity contribution < 1.29 is 23.5 Å². The Hall–Kier alpha value is -2.95. The summed E-state index contributed by atoms with van der Waals surface area (Å²) in [6, 6.07) is 12.7. The predicted molar refractivity (Wildman–Crippen MR) is 83.0 cm³/mol. The van der Waals surface area contributed by atoms with Gasteiger partial charge in [0, 0.05) is 11.6 Å². The Morgan fingerprint density at radius 1 is 1.13 bits per heavy atom. The van der Waals surface area contributed by atoms with Crippen LogP contribution in [-0.4, -0.2) is 19.0 Å². The van der Waals surface area contributed by atoms with E-state index in [0.29, 0.717) is 16.7 Å². The van der Waals surface area contributed by atoms with Crippen molar-refractivity contribution in [3.05, 3.63) is 77.1 Å². The summed E-state index contributed by atoms with van der Waals surface area (Å²) in [6.45, 7) is 0.00524. The molecule has 4 nitrogen and oxygen atoms in total. The Labute approximate surface area is 133 Å². The molecule has 5 heteroatoms. The first-order valence-electron chi connectivity index (χ1n) is 6.87. The van der Waals surface area contributed by atoms with E-state index in [2.05, 4.69) is 4.74 Å². The minimum Gasteiger partial charge on any atom is -0.465 e. The highest BCUT2D eigenvalue weighted by atomic mass is 19.1. The number of carbonyl (C=O) groups excluding carboxylic acids is 2. The Bertz CT molecular complexity index is 737. The fraction of sp³-hybridized carbons (Fsp3) is 0.111. The molecular formula is C18H15FO4. The lowest BCUT2D eigenvalue weighted by Gasteiger charge is -2.04. The third-order valence-corrected chi connectivity index (χ3v) is 3.03. The van der Waals surface area contributed by atoms with Crippen molar-refractivity contribution in [1.29, 1.82) is 0 Å². The number of esters is 2. The van der Waals surface area contributed by atoms with Crippen LogP contribution in [-0.2, 0) is 20.9 Å². The molecule has 0 aliphatic heterocycles. The topological polar surface area (TPSA) is 52.6 Å². The van der Waals surface area contributed by atoms with Crippen molar-refractivity contribution >= 4 is 18.0 Å². The van der Waals surface area contributed by atoms with E-state index in [1.807, 2.05) is 0 Å². The number of hydrogen-bond acceptors (Lipinski definition) is 4. The minimum atomic E-state index is -0.600. The van der Waals surface area contributed by atoms with Crippen LogP contribution in [0.4, 0.5) is 4.39 Å². The van der Waals surface area contributed by atoms with Gasteiger partial charge < -0.3 is 9.47 Å². The molecule has 0 N–H and O–H groups in total. The summed E-state index contributed by atoms with van der Waals surface area (Å²) in [6.07, 6.45) is 2.51. The molecule has 0 radical (unpaired) electrons. The number of hydrogen-bond donors (Lipinski definition) is 0. The van der Waals surface area contributed by atoms with E-state index in [1.54, 1.807) is 42.5 Å². The maximum atomic E-state index is 13.4. The first kappa shape index (κ1) is 16.4. The van der Waals surface area contributed by atoms with E-state index in [0.717, 1.165) is 6.08 Å². The normalized spacial score (nSPS) is 10.5. The highest BCUT2D eigenvalue weighted by Gasteiger charge is 2.06. The van der Waals surface area contributed by atoms with Crippen molar-refractivity contribution in [3.8, 4) is 0 Å². The van der Waals surface area contributed by atoms with Crippen LogP contribution in [0.3, 0.4) is 0 Å². The Morgan fingerprint density at radius 3 is 2.65 bits per heavy atom. The first-order valence-corrected chi connectivity index (χ1v) is 6.87. The van der Waals surface area contributed by atoms with Crippen molar-refractivity contribution in [3.63, 3.8) is 0 Å². The van der Waals surface area contributed by atoms with E-state index in [-0.39, 0.29) is 6.61 Å². The van der Waals surface area contributed by atoms with Gasteiger partial charge >= 0.3 is 11.9 Å². The van der Waals surface area contributed by atoms with Gasteiger partial charge in [-0.05, 0) is 29.8 Å². The molecule has 2 rings (SSSR count). The quantitative estimate of drug-likeness (QED) is 0.627. The van der Waals surface area contributed by atoms with Crippen LogP contribution < -0.4 is 0 Å². The molecular weight excluding hydrogens is 299 g/mol. The Morgan fingerprint density at radius 2 is 1.91 bits per heavy atom. The van der Waals surface area contributed by atoms with Gasteiger partial charge in [-0.15, -0.1) is 0 Å². The summed E-state index contributed by atoms with van der Waals surface area (Å²) < 4.78 is 23.1. The first-order chi connectivity index (χ1) is 11.1. The summed E-state index contributed by atoms with van der Waals surface area (Å²) in [5, 5.41) is 0. The molecule has 23 heavy (non-hydrogen) atoms. The summed E-state index contributed by atoms with van der Waals surface area (Å²) in [5.41, 5.74) is 1.33. The predicted octanol–water partition coefficient (Wildman–Crippen LogP) is 3.37. The zero-order chi connectivity index (χ0) is 16.7. The van der Waals surface area contributed by atoms with E-state index >= 15 is 0 Å². The van der Waals surface area contributed by atoms with Gasteiger partial charge in [-0.2, -0.15) is 0 Å². The SMILES string of the molecule is COC(=O)c1cccc(COC(=O)/C=C/c2ccccc2F)c1. The van der Waals surface area contributed by atoms with Crippen LogP contribution in [0.15, 0.2) is 54.6 Å². The van der Waals surface area contributed by atoms with Crippen LogP contribution in [0.2, 0.25) is 0 Å². The molecule has 2 aromatic carbocycles. The zero-order valence-corrected chi connectivity index (χ0v) is 12.5. The Balaban J connectivity index is 1.94. The average molecular weight is 314 g/mol. The van der Waals surface area contributed by atoms with E-state index in [4.69, 9.17) is 4.74 Å². The van der Waals surface area contributed by atoms with Crippen molar-refractivity contribution in [2.75, 3.05) is 7.11 Å². The largest absolute Gasteiger partial charge is 0.465 e. The van der Waals surface area contributed by atoms with Gasteiger partial charge in [0.15, 0.2) is 0 Å². The lowest BCUT2D eigenvalue weighted by Crippen LogP contribution is -2.04. The van der Waals surface area contributed by atoms with Crippen LogP contribution >= 0.6 is 0 Å². The van der Waals surface area contributed by atoms with Crippen LogP contribution in [0, 0.1) is 5.82 Å². The van der Waals surface area contributed by atoms with Crippen LogP contribution in [0.5, 0.6) is 0 Å². The maximum Gasteiger partial charge on any atom is 0.337 e. The van der Waals surface area contributed by atoms with E-state index in [9.17, 15) is 14.0 Å². The molecule has 0 unspecified atom stereocenters. The van der Waals surface area contributed by atoms with Gasteiger partial charge in [-0.3, -0.25) is 0 Å². The standard InChI is InChI=1S/C18H15FO4/c1-22-18(21)15-7-4-5-13(11-15)12-23-17(20)10-9-14-6-2-3-8-16(14)19/h2-11H,12H2,1H3/b10-9+. The molecule has 0 spiro atoms. The van der Waals surface area contributed by atoms with Crippen LogP contribution in [0.25, 0.3) is 6.08 Å². The molecule has 0 bridgehead atoms. The average Bonchev–Trinajstić information content (AvgIpc) is 2.58. The molecule has 0 aromatic heterocycles. The maximum absolute atomic E-state index is 13.4. The van der Waals surface area contributed by atoms with Crippen molar-refractivity contribution in [2.24, 2.45) is 0 Å². The third-order valence-electron chi connectivity index (χ3n) is 3.03. The molecule has 0 aliphatic rings. The number of rotatable bonds is 5. The Kier molecular flexibility index (Phi) is 5.63. The molecule has 0 heterocycles. The van der Waals surface area contributed by atoms with Gasteiger partial charge in [0.25, 0.3) is 0 Å². The molecule has 0 aliphatic carbocycles. The second-order valence-corrected chi connectivity index (χ2v) is 4.65. The third kappa shape index (κ3) is 4.78. The number of halogens is 1.